The Kier molecular flexibility index (Phi) is 12.4. The quantitative estimate of drug-likeness (QED) is 0.219. The number of nitrogens with zero attached hydrogens (tertiary/aromatic N) is 3. The third kappa shape index (κ3) is 8.52. The van der Waals surface area contributed by atoms with Crippen molar-refractivity contribution >= 4 is 31.9 Å². The first-order chi connectivity index (χ1) is 23.2. The summed E-state index contributed by atoms with van der Waals surface area (Å²) in [5.74, 6) is 0.142. The summed E-state index contributed by atoms with van der Waals surface area (Å²) in [6.45, 7) is -3.12. The van der Waals surface area contributed by atoms with Crippen LogP contribution in [-0.2, 0) is 26.6 Å². The highest BCUT2D eigenvalue weighted by Gasteiger charge is 2.30. The van der Waals surface area contributed by atoms with Crippen LogP contribution in [0, 0.1) is 0 Å². The number of rotatable bonds is 9. The van der Waals surface area contributed by atoms with Gasteiger partial charge in [-0.15, -0.1) is 0 Å². The largest absolute Gasteiger partial charge is 0.493 e. The molecule has 0 saturated carbocycles. The second-order valence-corrected chi connectivity index (χ2v) is 15.1. The normalized spacial score (nSPS) is 19.5. The van der Waals surface area contributed by atoms with Gasteiger partial charge < -0.3 is 14.2 Å². The molecule has 0 aliphatic heterocycles. The second-order valence-electron chi connectivity index (χ2n) is 12.0. The molecule has 5 rings (SSSR count). The van der Waals surface area contributed by atoms with Gasteiger partial charge in [0, 0.05) is 18.3 Å². The van der Waals surface area contributed by atoms with Gasteiger partial charge in [-0.1, -0.05) is 49.8 Å². The average Bonchev–Trinajstić information content (AvgIpc) is 3.46. The van der Waals surface area contributed by atoms with Gasteiger partial charge in [-0.25, -0.2) is 17.4 Å². The maximum absolute atomic E-state index is 14.8. The van der Waals surface area contributed by atoms with E-state index in [-0.39, 0.29) is 44.0 Å². The van der Waals surface area contributed by atoms with Crippen molar-refractivity contribution in [3.63, 3.8) is 0 Å². The van der Waals surface area contributed by atoms with E-state index in [0.29, 0.717) is 12.2 Å². The molecule has 0 radical (unpaired) electrons. The smallest absolute Gasteiger partial charge is 0.387 e. The zero-order valence-corrected chi connectivity index (χ0v) is 29.1. The topological polar surface area (TPSA) is 110 Å². The molecule has 2 heterocycles. The minimum absolute atomic E-state index is 0.0233. The number of imidazole rings is 1. The molecule has 3 aromatic rings. The summed E-state index contributed by atoms with van der Waals surface area (Å²) in [6, 6.07) is 5.44. The van der Waals surface area contributed by atoms with E-state index in [1.807, 2.05) is 6.08 Å². The molecule has 0 bridgehead atoms. The minimum Gasteiger partial charge on any atom is -0.493 e. The maximum Gasteiger partial charge on any atom is 0.387 e. The highest BCUT2D eigenvalue weighted by Crippen LogP contribution is 2.34. The van der Waals surface area contributed by atoms with Crippen molar-refractivity contribution in [1.29, 1.82) is 0 Å². The van der Waals surface area contributed by atoms with E-state index in [4.69, 9.17) is 9.47 Å². The first-order valence-corrected chi connectivity index (χ1v) is 19.2. The van der Waals surface area contributed by atoms with Crippen LogP contribution in [0.2, 0.25) is 0 Å². The van der Waals surface area contributed by atoms with Crippen molar-refractivity contribution < 1.29 is 35.6 Å². The monoisotopic (exact) mass is 703 g/mol. The van der Waals surface area contributed by atoms with Gasteiger partial charge in [0.05, 0.1) is 52.4 Å². The summed E-state index contributed by atoms with van der Waals surface area (Å²) in [5, 5.41) is -0.270. The predicted molar refractivity (Wildman–Crippen MR) is 182 cm³/mol. The lowest BCUT2D eigenvalue weighted by atomic mass is 9.88. The Balaban J connectivity index is 1.64. The van der Waals surface area contributed by atoms with E-state index < -0.39 is 27.4 Å². The highest BCUT2D eigenvalue weighted by atomic mass is 32.2. The van der Waals surface area contributed by atoms with Crippen molar-refractivity contribution in [2.75, 3.05) is 14.2 Å². The number of halogens is 2. The summed E-state index contributed by atoms with van der Waals surface area (Å²) in [4.78, 5) is 8.81. The number of aromatic nitrogens is 3. The summed E-state index contributed by atoms with van der Waals surface area (Å²) < 4.78 is 86.4. The van der Waals surface area contributed by atoms with Crippen LogP contribution in [0.25, 0.3) is 11.0 Å². The molecule has 48 heavy (non-hydrogen) atoms. The van der Waals surface area contributed by atoms with Crippen LogP contribution >= 0.6 is 0 Å². The lowest BCUT2D eigenvalue weighted by Gasteiger charge is -2.19. The van der Waals surface area contributed by atoms with E-state index >= 15 is 0 Å². The molecule has 2 aliphatic carbocycles. The number of pyridine rings is 1. The van der Waals surface area contributed by atoms with Crippen LogP contribution in [0.15, 0.2) is 69.9 Å². The van der Waals surface area contributed by atoms with Crippen molar-refractivity contribution in [3.05, 3.63) is 70.4 Å². The van der Waals surface area contributed by atoms with E-state index in [9.17, 15) is 21.4 Å². The first-order valence-electron chi connectivity index (χ1n) is 16.5. The zero-order chi connectivity index (χ0) is 34.1. The van der Waals surface area contributed by atoms with E-state index in [2.05, 4.69) is 14.7 Å². The molecule has 1 atom stereocenters. The van der Waals surface area contributed by atoms with Gasteiger partial charge in [-0.3, -0.25) is 9.19 Å². The lowest BCUT2D eigenvalue weighted by Crippen LogP contribution is -2.19. The Bertz CT molecular complexity index is 1820. The van der Waals surface area contributed by atoms with Crippen LogP contribution in [0.3, 0.4) is 0 Å². The fourth-order valence-electron chi connectivity index (χ4n) is 6.34. The number of methoxy groups -OCH3 is 2. The van der Waals surface area contributed by atoms with Crippen molar-refractivity contribution in [2.24, 2.45) is 0 Å². The Hall–Kier alpha value is -3.58. The molecule has 1 unspecified atom stereocenters. The van der Waals surface area contributed by atoms with Crippen LogP contribution < -0.4 is 14.2 Å². The molecule has 0 N–H and O–H groups in total. The Morgan fingerprint density at radius 2 is 1.62 bits per heavy atom. The standard InChI is InChI=1S/C35H43F2N3O6S2/c1-44-32-21-22-38-30(33(32)45-2)24-47(41)35-39-29-20-18-27(46-34(36)37)23-31(29)40(35)48(42,43)28-16-10-8-6-4-3-5-7-9-13-25-14-11-12-15-26(25)17-19-28/h16-23,34H,3-15,24H2,1-2H3/b19-17-,28-16+. The van der Waals surface area contributed by atoms with Crippen molar-refractivity contribution in [3.8, 4) is 17.2 Å². The molecular weight excluding hydrogens is 661 g/mol. The summed E-state index contributed by atoms with van der Waals surface area (Å²) >= 11 is 0. The Labute approximate surface area is 283 Å². The van der Waals surface area contributed by atoms with E-state index in [0.717, 1.165) is 68.2 Å². The van der Waals surface area contributed by atoms with Gasteiger partial charge >= 0.3 is 6.61 Å². The van der Waals surface area contributed by atoms with Gasteiger partial charge in [0.15, 0.2) is 11.5 Å². The molecular formula is C35H43F2N3O6S2. The summed E-state index contributed by atoms with van der Waals surface area (Å²) in [7, 11) is -3.63. The van der Waals surface area contributed by atoms with Gasteiger partial charge in [0.1, 0.15) is 5.75 Å². The number of hydrogen-bond donors (Lipinski definition) is 0. The number of ether oxygens (including phenoxy) is 3. The Morgan fingerprint density at radius 3 is 2.35 bits per heavy atom. The van der Waals surface area contributed by atoms with Gasteiger partial charge in [-0.05, 0) is 75.1 Å². The zero-order valence-electron chi connectivity index (χ0n) is 27.5. The second kappa shape index (κ2) is 16.7. The summed E-state index contributed by atoms with van der Waals surface area (Å²) in [6.07, 6.45) is 19.9. The van der Waals surface area contributed by atoms with Gasteiger partial charge in [0.2, 0.25) is 5.16 Å². The minimum atomic E-state index is -4.44. The Morgan fingerprint density at radius 1 is 0.917 bits per heavy atom. The molecule has 2 aliphatic rings. The number of benzene rings is 1. The third-order valence-corrected chi connectivity index (χ3v) is 11.8. The van der Waals surface area contributed by atoms with E-state index in [1.165, 1.54) is 62.6 Å². The molecule has 13 heteroatoms. The molecule has 0 spiro atoms. The fraction of sp³-hybridized carbons (Fsp3) is 0.486. The van der Waals surface area contributed by atoms with Gasteiger partial charge in [0.25, 0.3) is 10.0 Å². The number of hydrogen-bond acceptors (Lipinski definition) is 8. The number of allylic oxidation sites excluding steroid dienone is 5. The lowest BCUT2D eigenvalue weighted by molar-refractivity contribution is -0.0497. The molecule has 1 aromatic carbocycles. The molecule has 0 fully saturated rings. The fourth-order valence-corrected chi connectivity index (χ4v) is 9.38. The number of alkyl halides is 2. The van der Waals surface area contributed by atoms with Crippen LogP contribution in [-0.4, -0.2) is 47.4 Å². The summed E-state index contributed by atoms with van der Waals surface area (Å²) in [5.41, 5.74) is 2.96. The molecule has 0 saturated heterocycles. The molecule has 260 valence electrons. The van der Waals surface area contributed by atoms with E-state index in [1.54, 1.807) is 18.2 Å². The SMILES string of the molecule is COc1ccnc(CS(=O)c2nc3ccc(OC(F)F)cc3n2S(=O)(=O)C2=C/CCCCCCCCCC3=C(/C=C\2)CCCC3)c1OC. The van der Waals surface area contributed by atoms with Gasteiger partial charge in [-0.2, -0.15) is 8.78 Å². The molecule has 0 amide bonds. The van der Waals surface area contributed by atoms with Crippen LogP contribution in [0.1, 0.15) is 89.2 Å². The maximum atomic E-state index is 14.8. The van der Waals surface area contributed by atoms with Crippen LogP contribution in [0.5, 0.6) is 17.2 Å². The molecule has 9 nitrogen and oxygen atoms in total. The van der Waals surface area contributed by atoms with Crippen molar-refractivity contribution in [2.45, 2.75) is 101 Å². The number of fused-ring (bicyclic) bond motifs is 1. The molecule has 2 aromatic heterocycles. The third-order valence-electron chi connectivity index (χ3n) is 8.76. The van der Waals surface area contributed by atoms with Crippen LogP contribution in [0.4, 0.5) is 8.78 Å². The van der Waals surface area contributed by atoms with Crippen molar-refractivity contribution in [1.82, 2.24) is 13.9 Å². The predicted octanol–water partition coefficient (Wildman–Crippen LogP) is 8.37. The highest BCUT2D eigenvalue weighted by molar-refractivity contribution is 7.94. The first kappa shape index (κ1) is 35.7. The average molecular weight is 704 g/mol.